The molecule has 0 aliphatic carbocycles. The van der Waals surface area contributed by atoms with Gasteiger partial charge in [-0.05, 0) is 42.7 Å². The van der Waals surface area contributed by atoms with Crippen LogP contribution in [0.15, 0.2) is 47.1 Å². The summed E-state index contributed by atoms with van der Waals surface area (Å²) < 4.78 is 42.7. The number of nitrogens with one attached hydrogen (secondary N) is 1. The topological polar surface area (TPSA) is 51.2 Å². The summed E-state index contributed by atoms with van der Waals surface area (Å²) in [5, 5.41) is 0. The number of hydrogen-bond acceptors (Lipinski definition) is 3. The zero-order valence-electron chi connectivity index (χ0n) is 11.4. The van der Waals surface area contributed by atoms with E-state index in [2.05, 4.69) is 5.43 Å². The molecule has 114 valence electrons. The van der Waals surface area contributed by atoms with Gasteiger partial charge in [0.05, 0.1) is 11.8 Å². The maximum absolute atomic E-state index is 12.5. The largest absolute Gasteiger partial charge is 0.469 e. The lowest BCUT2D eigenvalue weighted by molar-refractivity contribution is -0.137. The van der Waals surface area contributed by atoms with Crippen molar-refractivity contribution in [2.45, 2.75) is 31.5 Å². The standard InChI is InChI=1S/C15H17F3N2O/c16-15(17,18)12-5-3-11(4-6-12)10-13(20-19)7-8-14-2-1-9-21-14/h1-6,9,13,20H,7-8,10,19H2. The van der Waals surface area contributed by atoms with Crippen LogP contribution in [0.1, 0.15) is 23.3 Å². The summed E-state index contributed by atoms with van der Waals surface area (Å²) in [6.45, 7) is 0. The first-order valence-corrected chi connectivity index (χ1v) is 6.63. The summed E-state index contributed by atoms with van der Waals surface area (Å²) in [7, 11) is 0. The molecule has 1 unspecified atom stereocenters. The average molecular weight is 298 g/mol. The Morgan fingerprint density at radius 2 is 1.86 bits per heavy atom. The predicted octanol–water partition coefficient (Wildman–Crippen LogP) is 3.31. The van der Waals surface area contributed by atoms with E-state index >= 15 is 0 Å². The quantitative estimate of drug-likeness (QED) is 0.635. The minimum Gasteiger partial charge on any atom is -0.469 e. The van der Waals surface area contributed by atoms with E-state index in [1.807, 2.05) is 12.1 Å². The van der Waals surface area contributed by atoms with Crippen molar-refractivity contribution in [3.63, 3.8) is 0 Å². The smallest absolute Gasteiger partial charge is 0.416 e. The fraction of sp³-hybridized carbons (Fsp3) is 0.333. The molecule has 0 saturated carbocycles. The van der Waals surface area contributed by atoms with Gasteiger partial charge in [0.2, 0.25) is 0 Å². The van der Waals surface area contributed by atoms with Crippen LogP contribution in [0.4, 0.5) is 13.2 Å². The van der Waals surface area contributed by atoms with Gasteiger partial charge in [0.1, 0.15) is 5.76 Å². The molecule has 1 aromatic carbocycles. The lowest BCUT2D eigenvalue weighted by Gasteiger charge is -2.16. The van der Waals surface area contributed by atoms with E-state index in [1.54, 1.807) is 6.26 Å². The lowest BCUT2D eigenvalue weighted by atomic mass is 10.0. The molecule has 21 heavy (non-hydrogen) atoms. The molecule has 0 aliphatic rings. The monoisotopic (exact) mass is 298 g/mol. The van der Waals surface area contributed by atoms with E-state index in [1.165, 1.54) is 12.1 Å². The maximum Gasteiger partial charge on any atom is 0.416 e. The molecule has 3 nitrogen and oxygen atoms in total. The molecule has 0 saturated heterocycles. The zero-order valence-corrected chi connectivity index (χ0v) is 11.4. The van der Waals surface area contributed by atoms with Gasteiger partial charge < -0.3 is 4.42 Å². The van der Waals surface area contributed by atoms with Crippen LogP contribution in [-0.4, -0.2) is 6.04 Å². The van der Waals surface area contributed by atoms with Gasteiger partial charge in [-0.25, -0.2) is 0 Å². The molecular formula is C15H17F3N2O. The molecule has 0 spiro atoms. The Balaban J connectivity index is 1.92. The van der Waals surface area contributed by atoms with Gasteiger partial charge in [-0.3, -0.25) is 11.3 Å². The number of benzene rings is 1. The van der Waals surface area contributed by atoms with Crippen LogP contribution >= 0.6 is 0 Å². The summed E-state index contributed by atoms with van der Waals surface area (Å²) in [6, 6.07) is 8.83. The van der Waals surface area contributed by atoms with Gasteiger partial charge in [-0.2, -0.15) is 13.2 Å². The van der Waals surface area contributed by atoms with Crippen LogP contribution in [0.5, 0.6) is 0 Å². The Hall–Kier alpha value is -1.79. The molecule has 2 rings (SSSR count). The minimum absolute atomic E-state index is 0.0214. The van der Waals surface area contributed by atoms with Crippen LogP contribution < -0.4 is 11.3 Å². The van der Waals surface area contributed by atoms with Crippen molar-refractivity contribution in [2.75, 3.05) is 0 Å². The number of hydrazine groups is 1. The molecule has 0 aliphatic heterocycles. The molecule has 1 aromatic heterocycles. The Kier molecular flexibility index (Phi) is 5.03. The number of hydrogen-bond donors (Lipinski definition) is 2. The van der Waals surface area contributed by atoms with E-state index in [-0.39, 0.29) is 6.04 Å². The molecule has 0 bridgehead atoms. The second-order valence-corrected chi connectivity index (χ2v) is 4.88. The molecule has 1 heterocycles. The fourth-order valence-corrected chi connectivity index (χ4v) is 2.13. The van der Waals surface area contributed by atoms with Gasteiger partial charge in [0.25, 0.3) is 0 Å². The predicted molar refractivity (Wildman–Crippen MR) is 73.3 cm³/mol. The number of furan rings is 1. The third-order valence-corrected chi connectivity index (χ3v) is 3.32. The second kappa shape index (κ2) is 6.78. The first kappa shape index (κ1) is 15.6. The van der Waals surface area contributed by atoms with E-state index in [0.717, 1.165) is 36.3 Å². The summed E-state index contributed by atoms with van der Waals surface area (Å²) in [5.41, 5.74) is 2.86. The Morgan fingerprint density at radius 1 is 1.14 bits per heavy atom. The number of alkyl halides is 3. The second-order valence-electron chi connectivity index (χ2n) is 4.88. The fourth-order valence-electron chi connectivity index (χ4n) is 2.13. The first-order chi connectivity index (χ1) is 9.99. The molecule has 0 amide bonds. The van der Waals surface area contributed by atoms with Crippen molar-refractivity contribution in [2.24, 2.45) is 5.84 Å². The summed E-state index contributed by atoms with van der Waals surface area (Å²) in [4.78, 5) is 0. The van der Waals surface area contributed by atoms with Crippen molar-refractivity contribution < 1.29 is 17.6 Å². The molecule has 3 N–H and O–H groups in total. The maximum atomic E-state index is 12.5. The van der Waals surface area contributed by atoms with Crippen LogP contribution in [0.3, 0.4) is 0 Å². The van der Waals surface area contributed by atoms with Crippen LogP contribution in [0.25, 0.3) is 0 Å². The molecule has 0 radical (unpaired) electrons. The van der Waals surface area contributed by atoms with Crippen molar-refractivity contribution >= 4 is 0 Å². The van der Waals surface area contributed by atoms with Crippen molar-refractivity contribution in [1.29, 1.82) is 0 Å². The van der Waals surface area contributed by atoms with Gasteiger partial charge >= 0.3 is 6.18 Å². The highest BCUT2D eigenvalue weighted by Gasteiger charge is 2.29. The first-order valence-electron chi connectivity index (χ1n) is 6.63. The highest BCUT2D eigenvalue weighted by atomic mass is 19.4. The molecule has 6 heteroatoms. The van der Waals surface area contributed by atoms with Gasteiger partial charge in [-0.1, -0.05) is 12.1 Å². The number of nitrogens with two attached hydrogens (primary N) is 1. The average Bonchev–Trinajstić information content (AvgIpc) is 2.96. The Labute approximate surface area is 120 Å². The highest BCUT2D eigenvalue weighted by Crippen LogP contribution is 2.29. The van der Waals surface area contributed by atoms with Crippen molar-refractivity contribution in [1.82, 2.24) is 5.43 Å². The van der Waals surface area contributed by atoms with E-state index in [9.17, 15) is 13.2 Å². The van der Waals surface area contributed by atoms with Gasteiger partial charge in [0, 0.05) is 12.5 Å². The summed E-state index contributed by atoms with van der Waals surface area (Å²) in [6.07, 6.45) is -0.664. The van der Waals surface area contributed by atoms with Crippen LogP contribution in [0.2, 0.25) is 0 Å². The number of aryl methyl sites for hydroxylation is 1. The molecule has 1 atom stereocenters. The molecule has 2 aromatic rings. The van der Waals surface area contributed by atoms with Crippen LogP contribution in [-0.2, 0) is 19.0 Å². The van der Waals surface area contributed by atoms with E-state index in [4.69, 9.17) is 10.3 Å². The van der Waals surface area contributed by atoms with Crippen LogP contribution in [0, 0.1) is 0 Å². The lowest BCUT2D eigenvalue weighted by Crippen LogP contribution is -2.37. The van der Waals surface area contributed by atoms with Gasteiger partial charge in [-0.15, -0.1) is 0 Å². The minimum atomic E-state index is -4.30. The number of halogens is 3. The van der Waals surface area contributed by atoms with E-state index < -0.39 is 11.7 Å². The molecular weight excluding hydrogens is 281 g/mol. The molecule has 0 fully saturated rings. The number of rotatable bonds is 6. The third-order valence-electron chi connectivity index (χ3n) is 3.32. The normalized spacial score (nSPS) is 13.3. The zero-order chi connectivity index (χ0) is 15.3. The summed E-state index contributed by atoms with van der Waals surface area (Å²) >= 11 is 0. The SMILES string of the molecule is NNC(CCc1ccco1)Cc1ccc(C(F)(F)F)cc1. The Morgan fingerprint density at radius 3 is 2.38 bits per heavy atom. The third kappa shape index (κ3) is 4.61. The summed E-state index contributed by atoms with van der Waals surface area (Å²) in [5.74, 6) is 6.36. The van der Waals surface area contributed by atoms with Crippen molar-refractivity contribution in [3.8, 4) is 0 Å². The van der Waals surface area contributed by atoms with E-state index in [0.29, 0.717) is 6.42 Å². The van der Waals surface area contributed by atoms with Gasteiger partial charge in [0.15, 0.2) is 0 Å². The highest BCUT2D eigenvalue weighted by molar-refractivity contribution is 5.25. The Bertz CT molecular complexity index is 535. The van der Waals surface area contributed by atoms with Crippen molar-refractivity contribution in [3.05, 3.63) is 59.5 Å².